The molecule has 1 saturated carbocycles. The number of aliphatic hydroxyl groups excluding tert-OH is 1. The number of esters is 5. The van der Waals surface area contributed by atoms with Gasteiger partial charge in [-0.1, -0.05) is 0 Å². The minimum Gasteiger partial charge on any atom is -0.452 e. The van der Waals surface area contributed by atoms with Gasteiger partial charge in [0.05, 0.1) is 27.8 Å². The van der Waals surface area contributed by atoms with E-state index in [0.29, 0.717) is 0 Å². The topological polar surface area (TPSA) is 216 Å². The molecule has 4 atom stereocenters. The van der Waals surface area contributed by atoms with Gasteiger partial charge in [-0.3, -0.25) is 24.9 Å². The maximum absolute atomic E-state index is 13.6. The monoisotopic (exact) mass is 705 g/mol. The zero-order chi connectivity index (χ0) is 36.5. The van der Waals surface area contributed by atoms with Crippen LogP contribution in [0.5, 0.6) is 0 Å². The largest absolute Gasteiger partial charge is 0.452 e. The third-order valence-electron chi connectivity index (χ3n) is 7.67. The highest BCUT2D eigenvalue weighted by Crippen LogP contribution is 2.35. The number of ether oxygens (including phenoxy) is 5. The summed E-state index contributed by atoms with van der Waals surface area (Å²) in [5.74, 6) is -5.22. The van der Waals surface area contributed by atoms with Crippen LogP contribution in [-0.4, -0.2) is 96.5 Å². The molecule has 0 aliphatic heterocycles. The van der Waals surface area contributed by atoms with Crippen molar-refractivity contribution in [2.24, 2.45) is 0 Å². The number of rotatable bonds is 10. The SMILES string of the molecule is O=C(OC1C(O)C(OC(=O)c2cccnc2)C(OC(=O)c2cccnc2)C(OC(=O)c2cccnc2)C1OC(=O)c1cccnc1)c1cccnc1. The van der Waals surface area contributed by atoms with Gasteiger partial charge in [0.1, 0.15) is 6.10 Å². The normalized spacial score (nSPS) is 20.8. The number of aliphatic hydroxyl groups is 1. The molecule has 5 aromatic rings. The molecular weight excluding hydrogens is 678 g/mol. The van der Waals surface area contributed by atoms with E-state index in [0.717, 1.165) is 0 Å². The van der Waals surface area contributed by atoms with Gasteiger partial charge in [0.2, 0.25) is 0 Å². The Kier molecular flexibility index (Phi) is 10.9. The number of carbonyl (C=O) groups excluding carboxylic acids is 5. The first-order valence-corrected chi connectivity index (χ1v) is 15.5. The highest BCUT2D eigenvalue weighted by molar-refractivity contribution is 5.92. The first-order valence-electron chi connectivity index (χ1n) is 15.5. The van der Waals surface area contributed by atoms with Crippen LogP contribution in [0.4, 0.5) is 0 Å². The molecule has 16 heteroatoms. The summed E-state index contributed by atoms with van der Waals surface area (Å²) in [6, 6.07) is 14.2. The number of carbonyl (C=O) groups is 5. The van der Waals surface area contributed by atoms with E-state index in [-0.39, 0.29) is 27.8 Å². The zero-order valence-corrected chi connectivity index (χ0v) is 26.8. The standard InChI is InChI=1S/C36H27N5O11/c42-26-27(48-32(43)21-6-1-11-37-16-21)29(50-34(45)23-8-3-13-39-18-23)31(52-36(47)25-10-5-15-41-20-25)30(51-35(46)24-9-4-14-40-19-24)28(26)49-33(44)22-7-2-12-38-17-22/h1-20,26-31,42H. The van der Waals surface area contributed by atoms with Crippen LogP contribution in [0, 0.1) is 0 Å². The summed E-state index contributed by atoms with van der Waals surface area (Å²) in [5, 5.41) is 12.0. The van der Waals surface area contributed by atoms with Gasteiger partial charge in [-0.25, -0.2) is 24.0 Å². The van der Waals surface area contributed by atoms with E-state index in [1.807, 2.05) is 0 Å². The molecule has 1 aliphatic carbocycles. The third-order valence-corrected chi connectivity index (χ3v) is 7.67. The minimum atomic E-state index is -2.08. The lowest BCUT2D eigenvalue weighted by molar-refractivity contribution is -0.223. The van der Waals surface area contributed by atoms with Gasteiger partial charge in [-0.05, 0) is 60.7 Å². The molecule has 1 N–H and O–H groups in total. The van der Waals surface area contributed by atoms with Crippen LogP contribution in [0.3, 0.4) is 0 Å². The van der Waals surface area contributed by atoms with Crippen LogP contribution in [0.2, 0.25) is 0 Å². The summed E-state index contributed by atoms with van der Waals surface area (Å²) in [4.78, 5) is 87.3. The van der Waals surface area contributed by atoms with Crippen LogP contribution in [0.15, 0.2) is 123 Å². The molecule has 0 spiro atoms. The molecule has 0 amide bonds. The fourth-order valence-corrected chi connectivity index (χ4v) is 5.19. The molecule has 1 fully saturated rings. The molecule has 262 valence electrons. The fraction of sp³-hybridized carbons (Fsp3) is 0.167. The predicted octanol–water partition coefficient (Wildman–Crippen LogP) is 2.46. The molecule has 6 rings (SSSR count). The number of pyridine rings is 5. The van der Waals surface area contributed by atoms with E-state index >= 15 is 0 Å². The molecule has 1 aliphatic rings. The highest BCUT2D eigenvalue weighted by atomic mass is 16.7. The Morgan fingerprint density at radius 2 is 0.596 bits per heavy atom. The Morgan fingerprint density at radius 1 is 0.385 bits per heavy atom. The lowest BCUT2D eigenvalue weighted by Gasteiger charge is -2.46. The van der Waals surface area contributed by atoms with Crippen LogP contribution >= 0.6 is 0 Å². The van der Waals surface area contributed by atoms with Crippen molar-refractivity contribution < 1.29 is 52.8 Å². The van der Waals surface area contributed by atoms with Gasteiger partial charge in [0, 0.05) is 62.0 Å². The Bertz CT molecular complexity index is 1890. The summed E-state index contributed by atoms with van der Waals surface area (Å²) in [7, 11) is 0. The quantitative estimate of drug-likeness (QED) is 0.163. The van der Waals surface area contributed by atoms with Crippen molar-refractivity contribution in [1.82, 2.24) is 24.9 Å². The van der Waals surface area contributed by atoms with Gasteiger partial charge < -0.3 is 28.8 Å². The zero-order valence-electron chi connectivity index (χ0n) is 26.8. The van der Waals surface area contributed by atoms with Crippen molar-refractivity contribution in [1.29, 1.82) is 0 Å². The molecule has 0 aromatic carbocycles. The molecule has 52 heavy (non-hydrogen) atoms. The molecule has 4 unspecified atom stereocenters. The highest BCUT2D eigenvalue weighted by Gasteiger charge is 2.59. The van der Waals surface area contributed by atoms with Crippen molar-refractivity contribution in [3.8, 4) is 0 Å². The van der Waals surface area contributed by atoms with Crippen molar-refractivity contribution in [2.45, 2.75) is 36.6 Å². The van der Waals surface area contributed by atoms with Gasteiger partial charge in [0.15, 0.2) is 30.5 Å². The van der Waals surface area contributed by atoms with Gasteiger partial charge in [-0.15, -0.1) is 0 Å². The molecule has 0 bridgehead atoms. The number of hydrogen-bond acceptors (Lipinski definition) is 16. The van der Waals surface area contributed by atoms with Crippen molar-refractivity contribution in [2.75, 3.05) is 0 Å². The van der Waals surface area contributed by atoms with Crippen molar-refractivity contribution in [3.05, 3.63) is 150 Å². The molecule has 0 saturated heterocycles. The summed E-state index contributed by atoms with van der Waals surface area (Å²) < 4.78 is 29.0. The Morgan fingerprint density at radius 3 is 0.808 bits per heavy atom. The van der Waals surface area contributed by atoms with E-state index in [2.05, 4.69) is 24.9 Å². The number of nitrogens with zero attached hydrogens (tertiary/aromatic N) is 5. The number of hydrogen-bond donors (Lipinski definition) is 1. The second-order valence-corrected chi connectivity index (χ2v) is 11.0. The third kappa shape index (κ3) is 8.09. The van der Waals surface area contributed by atoms with Crippen LogP contribution in [-0.2, 0) is 23.7 Å². The van der Waals surface area contributed by atoms with Crippen LogP contribution in [0.1, 0.15) is 51.8 Å². The van der Waals surface area contributed by atoms with Gasteiger partial charge >= 0.3 is 29.8 Å². The Balaban J connectivity index is 1.47. The molecule has 16 nitrogen and oxygen atoms in total. The second-order valence-electron chi connectivity index (χ2n) is 11.0. The molecular formula is C36H27N5O11. The maximum Gasteiger partial charge on any atom is 0.340 e. The van der Waals surface area contributed by atoms with E-state index in [9.17, 15) is 29.1 Å². The van der Waals surface area contributed by atoms with E-state index < -0.39 is 66.5 Å². The van der Waals surface area contributed by atoms with E-state index in [1.54, 1.807) is 0 Å². The Hall–Kier alpha value is -6.94. The maximum atomic E-state index is 13.6. The first kappa shape index (κ1) is 34.9. The Labute approximate surface area is 294 Å². The summed E-state index contributed by atoms with van der Waals surface area (Å²) in [6.07, 6.45) is 1.37. The van der Waals surface area contributed by atoms with E-state index in [4.69, 9.17) is 23.7 Å². The number of aromatic nitrogens is 5. The van der Waals surface area contributed by atoms with Crippen molar-refractivity contribution in [3.63, 3.8) is 0 Å². The van der Waals surface area contributed by atoms with Crippen LogP contribution in [0.25, 0.3) is 0 Å². The molecule has 0 radical (unpaired) electrons. The average molecular weight is 706 g/mol. The first-order chi connectivity index (χ1) is 25.3. The second kappa shape index (κ2) is 16.2. The van der Waals surface area contributed by atoms with E-state index in [1.165, 1.54) is 123 Å². The lowest BCUT2D eigenvalue weighted by atomic mass is 9.83. The van der Waals surface area contributed by atoms with Gasteiger partial charge in [-0.2, -0.15) is 0 Å². The summed E-state index contributed by atoms with van der Waals surface area (Å²) in [5.41, 5.74) is -0.340. The lowest BCUT2D eigenvalue weighted by Crippen LogP contribution is -2.68. The smallest absolute Gasteiger partial charge is 0.340 e. The van der Waals surface area contributed by atoms with Crippen LogP contribution < -0.4 is 0 Å². The summed E-state index contributed by atoms with van der Waals surface area (Å²) >= 11 is 0. The fourth-order valence-electron chi connectivity index (χ4n) is 5.19. The predicted molar refractivity (Wildman–Crippen MR) is 173 cm³/mol. The summed E-state index contributed by atoms with van der Waals surface area (Å²) in [6.45, 7) is 0. The van der Waals surface area contributed by atoms with Crippen molar-refractivity contribution >= 4 is 29.8 Å². The molecule has 5 heterocycles. The van der Waals surface area contributed by atoms with Gasteiger partial charge in [0.25, 0.3) is 0 Å². The molecule has 5 aromatic heterocycles. The average Bonchev–Trinajstić information content (AvgIpc) is 3.20. The minimum absolute atomic E-state index is 0.0648.